The van der Waals surface area contributed by atoms with E-state index in [9.17, 15) is 9.59 Å². The molecule has 1 aromatic rings. The highest BCUT2D eigenvalue weighted by molar-refractivity contribution is 5.86. The smallest absolute Gasteiger partial charge is 0.231 e. The lowest BCUT2D eigenvalue weighted by Gasteiger charge is -2.37. The summed E-state index contributed by atoms with van der Waals surface area (Å²) < 4.78 is 0. The van der Waals surface area contributed by atoms with Gasteiger partial charge in [-0.05, 0) is 37.7 Å². The first-order chi connectivity index (χ1) is 9.81. The Labute approximate surface area is 120 Å². The number of hydrogen-bond donors (Lipinski definition) is 0. The molecule has 0 saturated carbocycles. The van der Waals surface area contributed by atoms with E-state index in [0.29, 0.717) is 18.5 Å². The molecule has 2 heterocycles. The van der Waals surface area contributed by atoms with Crippen LogP contribution in [-0.4, -0.2) is 29.2 Å². The number of benzene rings is 1. The van der Waals surface area contributed by atoms with E-state index in [-0.39, 0.29) is 11.8 Å². The molecular weight excluding hydrogens is 250 g/mol. The minimum Gasteiger partial charge on any atom is -0.336 e. The average molecular weight is 271 g/mol. The summed E-state index contributed by atoms with van der Waals surface area (Å²) in [5, 5.41) is 0. The molecule has 0 N–H and O–H groups in total. The SMILES string of the molecule is O=CC[C@@H](C(=O)N1C2CCCC1CC2)c1ccccc1. The molecule has 3 rings (SSSR count). The summed E-state index contributed by atoms with van der Waals surface area (Å²) in [5.41, 5.74) is 0.967. The van der Waals surface area contributed by atoms with Crippen LogP contribution in [0.4, 0.5) is 0 Å². The Balaban J connectivity index is 1.84. The number of carbonyl (C=O) groups is 2. The highest BCUT2D eigenvalue weighted by atomic mass is 16.2. The van der Waals surface area contributed by atoms with E-state index in [4.69, 9.17) is 0 Å². The zero-order chi connectivity index (χ0) is 13.9. The molecule has 3 heteroatoms. The highest BCUT2D eigenvalue weighted by Gasteiger charge is 2.41. The van der Waals surface area contributed by atoms with Gasteiger partial charge in [0.05, 0.1) is 5.92 Å². The van der Waals surface area contributed by atoms with Crippen molar-refractivity contribution >= 4 is 12.2 Å². The van der Waals surface area contributed by atoms with Crippen molar-refractivity contribution in [2.45, 2.75) is 56.5 Å². The van der Waals surface area contributed by atoms with E-state index >= 15 is 0 Å². The molecule has 2 aliphatic heterocycles. The van der Waals surface area contributed by atoms with Crippen molar-refractivity contribution in [3.63, 3.8) is 0 Å². The molecule has 0 aliphatic carbocycles. The van der Waals surface area contributed by atoms with Gasteiger partial charge in [-0.1, -0.05) is 30.3 Å². The summed E-state index contributed by atoms with van der Waals surface area (Å²) in [6.45, 7) is 0. The molecule has 3 nitrogen and oxygen atoms in total. The zero-order valence-electron chi connectivity index (χ0n) is 11.7. The molecule has 0 aromatic heterocycles. The predicted octanol–water partition coefficient (Wildman–Crippen LogP) is 2.90. The topological polar surface area (TPSA) is 37.4 Å². The van der Waals surface area contributed by atoms with Crippen LogP contribution in [-0.2, 0) is 9.59 Å². The lowest BCUT2D eigenvalue weighted by atomic mass is 9.92. The van der Waals surface area contributed by atoms with Gasteiger partial charge in [0.15, 0.2) is 0 Å². The molecule has 2 unspecified atom stereocenters. The van der Waals surface area contributed by atoms with Crippen molar-refractivity contribution in [2.24, 2.45) is 0 Å². The second kappa shape index (κ2) is 5.78. The maximum absolute atomic E-state index is 12.9. The second-order valence-corrected chi connectivity index (χ2v) is 5.93. The Hall–Kier alpha value is -1.64. The molecular formula is C17H21NO2. The van der Waals surface area contributed by atoms with E-state index in [1.54, 1.807) is 0 Å². The average Bonchev–Trinajstić information content (AvgIpc) is 2.74. The molecule has 1 aromatic carbocycles. The lowest BCUT2D eigenvalue weighted by Crippen LogP contribution is -2.46. The number of hydrogen-bond acceptors (Lipinski definition) is 2. The van der Waals surface area contributed by atoms with E-state index in [1.165, 1.54) is 6.42 Å². The van der Waals surface area contributed by atoms with Crippen LogP contribution in [0.25, 0.3) is 0 Å². The first-order valence-electron chi connectivity index (χ1n) is 7.62. The van der Waals surface area contributed by atoms with Crippen LogP contribution in [0.2, 0.25) is 0 Å². The Bertz CT molecular complexity index is 469. The number of aldehydes is 1. The monoisotopic (exact) mass is 271 g/mol. The van der Waals surface area contributed by atoms with Crippen molar-refractivity contribution in [3.8, 4) is 0 Å². The van der Waals surface area contributed by atoms with Crippen molar-refractivity contribution in [1.29, 1.82) is 0 Å². The third-order valence-electron chi connectivity index (χ3n) is 4.78. The summed E-state index contributed by atoms with van der Waals surface area (Å²) in [4.78, 5) is 26.0. The quantitative estimate of drug-likeness (QED) is 0.790. The van der Waals surface area contributed by atoms with Crippen LogP contribution < -0.4 is 0 Å². The van der Waals surface area contributed by atoms with Crippen molar-refractivity contribution in [2.75, 3.05) is 0 Å². The van der Waals surface area contributed by atoms with Crippen LogP contribution >= 0.6 is 0 Å². The molecule has 1 amide bonds. The van der Waals surface area contributed by atoms with Crippen molar-refractivity contribution in [1.82, 2.24) is 4.90 Å². The summed E-state index contributed by atoms with van der Waals surface area (Å²) in [6, 6.07) is 10.6. The number of carbonyl (C=O) groups excluding carboxylic acids is 2. The molecule has 2 aliphatic rings. The van der Waals surface area contributed by atoms with Crippen molar-refractivity contribution in [3.05, 3.63) is 35.9 Å². The van der Waals surface area contributed by atoms with Gasteiger partial charge in [-0.2, -0.15) is 0 Å². The number of piperidine rings is 1. The minimum atomic E-state index is -0.296. The summed E-state index contributed by atoms with van der Waals surface area (Å²) >= 11 is 0. The van der Waals surface area contributed by atoms with Gasteiger partial charge in [0.1, 0.15) is 6.29 Å². The summed E-state index contributed by atoms with van der Waals surface area (Å²) in [5.74, 6) is -0.134. The van der Waals surface area contributed by atoms with Gasteiger partial charge >= 0.3 is 0 Å². The minimum absolute atomic E-state index is 0.163. The summed E-state index contributed by atoms with van der Waals surface area (Å²) in [7, 11) is 0. The van der Waals surface area contributed by atoms with E-state index in [0.717, 1.165) is 37.5 Å². The Morgan fingerprint density at radius 3 is 2.40 bits per heavy atom. The molecule has 106 valence electrons. The van der Waals surface area contributed by atoms with Gasteiger partial charge in [-0.25, -0.2) is 0 Å². The van der Waals surface area contributed by atoms with E-state index < -0.39 is 0 Å². The molecule has 3 atom stereocenters. The molecule has 2 saturated heterocycles. The lowest BCUT2D eigenvalue weighted by molar-refractivity contribution is -0.138. The van der Waals surface area contributed by atoms with E-state index in [2.05, 4.69) is 4.90 Å². The first-order valence-corrected chi connectivity index (χ1v) is 7.62. The first kappa shape index (κ1) is 13.3. The van der Waals surface area contributed by atoms with Gasteiger partial charge in [0.2, 0.25) is 5.91 Å². The molecule has 2 fully saturated rings. The van der Waals surface area contributed by atoms with Crippen LogP contribution in [0.5, 0.6) is 0 Å². The van der Waals surface area contributed by atoms with Crippen LogP contribution in [0.1, 0.15) is 50.0 Å². The van der Waals surface area contributed by atoms with Crippen molar-refractivity contribution < 1.29 is 9.59 Å². The number of rotatable bonds is 4. The Kier molecular flexibility index (Phi) is 3.86. The van der Waals surface area contributed by atoms with Gasteiger partial charge in [-0.3, -0.25) is 4.79 Å². The predicted molar refractivity (Wildman–Crippen MR) is 77.4 cm³/mol. The molecule has 0 spiro atoms. The molecule has 0 radical (unpaired) electrons. The fraction of sp³-hybridized carbons (Fsp3) is 0.529. The third-order valence-corrected chi connectivity index (χ3v) is 4.78. The molecule has 20 heavy (non-hydrogen) atoms. The largest absolute Gasteiger partial charge is 0.336 e. The van der Waals surface area contributed by atoms with Gasteiger partial charge in [0.25, 0.3) is 0 Å². The fourth-order valence-electron chi connectivity index (χ4n) is 3.82. The number of nitrogens with zero attached hydrogens (tertiary/aromatic N) is 1. The summed E-state index contributed by atoms with van der Waals surface area (Å²) in [6.07, 6.45) is 6.94. The maximum Gasteiger partial charge on any atom is 0.231 e. The second-order valence-electron chi connectivity index (χ2n) is 5.93. The number of fused-ring (bicyclic) bond motifs is 2. The van der Waals surface area contributed by atoms with Crippen LogP contribution in [0.15, 0.2) is 30.3 Å². The zero-order valence-corrected chi connectivity index (χ0v) is 11.7. The molecule has 2 bridgehead atoms. The standard InChI is InChI=1S/C17H21NO2/c19-12-11-16(13-5-2-1-3-6-13)17(20)18-14-7-4-8-15(18)10-9-14/h1-3,5-6,12,14-16H,4,7-11H2/t14?,15?,16-/m1/s1. The Morgan fingerprint density at radius 2 is 1.80 bits per heavy atom. The van der Waals surface area contributed by atoms with Crippen LogP contribution in [0.3, 0.4) is 0 Å². The normalized spacial score (nSPS) is 26.3. The van der Waals surface area contributed by atoms with Gasteiger partial charge < -0.3 is 9.69 Å². The Morgan fingerprint density at radius 1 is 1.15 bits per heavy atom. The maximum atomic E-state index is 12.9. The van der Waals surface area contributed by atoms with Gasteiger partial charge in [0, 0.05) is 18.5 Å². The van der Waals surface area contributed by atoms with Crippen LogP contribution in [0, 0.1) is 0 Å². The number of amides is 1. The van der Waals surface area contributed by atoms with E-state index in [1.807, 2.05) is 30.3 Å². The fourth-order valence-corrected chi connectivity index (χ4v) is 3.82. The van der Waals surface area contributed by atoms with Gasteiger partial charge in [-0.15, -0.1) is 0 Å². The third kappa shape index (κ3) is 2.37. The highest BCUT2D eigenvalue weighted by Crippen LogP contribution is 2.38.